The minimum atomic E-state index is 0. The molecular formula is CuTi3. The molecule has 0 saturated carbocycles. The number of hydrogen-bond donors (Lipinski definition) is 0. The molecule has 0 saturated heterocycles. The van der Waals surface area contributed by atoms with Gasteiger partial charge >= 0.3 is 0 Å². The summed E-state index contributed by atoms with van der Waals surface area (Å²) < 4.78 is 0. The molecule has 0 rings (SSSR count). The second-order valence-electron chi connectivity index (χ2n) is 0. The zero-order chi connectivity index (χ0) is 0. The molecule has 0 bridgehead atoms. The van der Waals surface area contributed by atoms with E-state index in [1.165, 1.54) is 0 Å². The van der Waals surface area contributed by atoms with Gasteiger partial charge in [-0.25, -0.2) is 0 Å². The van der Waals surface area contributed by atoms with Gasteiger partial charge in [-0.1, -0.05) is 0 Å². The molecule has 0 unspecified atom stereocenters. The molecule has 0 aromatic carbocycles. The maximum atomic E-state index is 0. The van der Waals surface area contributed by atoms with E-state index < -0.39 is 0 Å². The second-order valence-corrected chi connectivity index (χ2v) is 0. The van der Waals surface area contributed by atoms with Gasteiger partial charge in [0.1, 0.15) is 0 Å². The van der Waals surface area contributed by atoms with Gasteiger partial charge in [0, 0.05) is 82.2 Å². The van der Waals surface area contributed by atoms with Crippen LogP contribution in [-0.4, -0.2) is 0 Å². The maximum Gasteiger partial charge on any atom is 0 e. The molecular weight excluding hydrogens is 207 g/mol. The quantitative estimate of drug-likeness (QED) is 0.490. The fraction of sp³-hybridized carbons (Fsp3) is 0. The average molecular weight is 207 g/mol. The summed E-state index contributed by atoms with van der Waals surface area (Å²) >= 11 is 0. The molecule has 0 aliphatic carbocycles. The van der Waals surface area contributed by atoms with E-state index in [1.807, 2.05) is 0 Å². The summed E-state index contributed by atoms with van der Waals surface area (Å²) in [5.41, 5.74) is 0. The molecule has 4 heteroatoms. The first-order chi connectivity index (χ1) is 0. The molecule has 0 aromatic rings. The zero-order valence-corrected chi connectivity index (χ0v) is 7.43. The fourth-order valence-electron chi connectivity index (χ4n) is 0. The van der Waals surface area contributed by atoms with Gasteiger partial charge in [0.2, 0.25) is 0 Å². The van der Waals surface area contributed by atoms with Crippen molar-refractivity contribution in [3.63, 3.8) is 0 Å². The minimum absolute atomic E-state index is 0. The van der Waals surface area contributed by atoms with E-state index in [2.05, 4.69) is 0 Å². The normalized spacial score (nSPS) is 0. The Labute approximate surface area is 81.0 Å². The van der Waals surface area contributed by atoms with Crippen molar-refractivity contribution in [1.29, 1.82) is 0 Å². The Balaban J connectivity index is 0. The van der Waals surface area contributed by atoms with E-state index in [0.29, 0.717) is 0 Å². The standard InChI is InChI=1S/Cu.3Ti. The van der Waals surface area contributed by atoms with Crippen LogP contribution in [0.15, 0.2) is 0 Å². The Hall–Kier alpha value is 2.66. The summed E-state index contributed by atoms with van der Waals surface area (Å²) in [6, 6.07) is 0. The van der Waals surface area contributed by atoms with Crippen molar-refractivity contribution in [2.24, 2.45) is 0 Å². The second kappa shape index (κ2) is 17.4. The van der Waals surface area contributed by atoms with Crippen LogP contribution in [0.3, 0.4) is 0 Å². The van der Waals surface area contributed by atoms with Crippen molar-refractivity contribution in [2.45, 2.75) is 0 Å². The summed E-state index contributed by atoms with van der Waals surface area (Å²) in [5.74, 6) is 0. The molecule has 0 spiro atoms. The van der Waals surface area contributed by atoms with Gasteiger partial charge in [-0.15, -0.1) is 0 Å². The number of rotatable bonds is 0. The predicted octanol–water partition coefficient (Wildman–Crippen LogP) is -0.0100. The smallest absolute Gasteiger partial charge is 0 e. The Morgan fingerprint density at radius 3 is 0.500 bits per heavy atom. The monoisotopic (exact) mass is 207 g/mol. The summed E-state index contributed by atoms with van der Waals surface area (Å²) in [6.07, 6.45) is 0. The predicted molar refractivity (Wildman–Crippen MR) is 0 cm³/mol. The van der Waals surface area contributed by atoms with Gasteiger partial charge in [0.05, 0.1) is 0 Å². The van der Waals surface area contributed by atoms with Gasteiger partial charge in [0.25, 0.3) is 0 Å². The first-order valence-corrected chi connectivity index (χ1v) is 0. The van der Waals surface area contributed by atoms with Crippen LogP contribution in [0.1, 0.15) is 0 Å². The fourth-order valence-corrected chi connectivity index (χ4v) is 0. The molecule has 4 heavy (non-hydrogen) atoms. The van der Waals surface area contributed by atoms with Crippen LogP contribution in [0.2, 0.25) is 0 Å². The van der Waals surface area contributed by atoms with Crippen molar-refractivity contribution < 1.29 is 82.2 Å². The minimum Gasteiger partial charge on any atom is 0 e. The van der Waals surface area contributed by atoms with Gasteiger partial charge in [-0.05, 0) is 0 Å². The van der Waals surface area contributed by atoms with E-state index >= 15 is 0 Å². The molecule has 0 aromatic heterocycles. The van der Waals surface area contributed by atoms with Crippen LogP contribution < -0.4 is 0 Å². The molecule has 0 heterocycles. The summed E-state index contributed by atoms with van der Waals surface area (Å²) in [5, 5.41) is 0. The molecule has 0 aliphatic heterocycles. The van der Waals surface area contributed by atoms with Crippen LogP contribution in [0.5, 0.6) is 0 Å². The third kappa shape index (κ3) is 8.82. The average Bonchev–Trinajstić information content (AvgIpc) is 0. The van der Waals surface area contributed by atoms with E-state index in [1.54, 1.807) is 0 Å². The van der Waals surface area contributed by atoms with E-state index in [-0.39, 0.29) is 82.2 Å². The van der Waals surface area contributed by atoms with E-state index in [0.717, 1.165) is 0 Å². The van der Waals surface area contributed by atoms with Crippen molar-refractivity contribution in [1.82, 2.24) is 0 Å². The molecule has 0 nitrogen and oxygen atoms in total. The first-order valence-electron chi connectivity index (χ1n) is 0. The molecule has 23 valence electrons. The Kier molecular flexibility index (Phi) is 131. The number of hydrogen-bond acceptors (Lipinski definition) is 0. The van der Waals surface area contributed by atoms with E-state index in [4.69, 9.17) is 0 Å². The summed E-state index contributed by atoms with van der Waals surface area (Å²) in [7, 11) is 0. The van der Waals surface area contributed by atoms with Crippen LogP contribution in [0.25, 0.3) is 0 Å². The van der Waals surface area contributed by atoms with Crippen LogP contribution in [-0.2, 0) is 82.2 Å². The molecule has 0 atom stereocenters. The third-order valence-corrected chi connectivity index (χ3v) is 0. The molecule has 0 amide bonds. The molecule has 0 aliphatic rings. The first kappa shape index (κ1) is 30.1. The summed E-state index contributed by atoms with van der Waals surface area (Å²) in [4.78, 5) is 0. The van der Waals surface area contributed by atoms with Crippen molar-refractivity contribution in [3.8, 4) is 0 Å². The van der Waals surface area contributed by atoms with Crippen LogP contribution in [0.4, 0.5) is 0 Å². The molecule has 0 N–H and O–H groups in total. The Morgan fingerprint density at radius 2 is 0.500 bits per heavy atom. The molecule has 0 fully saturated rings. The largest absolute Gasteiger partial charge is 0 e. The van der Waals surface area contributed by atoms with Crippen LogP contribution >= 0.6 is 0 Å². The summed E-state index contributed by atoms with van der Waals surface area (Å²) in [6.45, 7) is 0. The Bertz CT molecular complexity index is 3.25. The van der Waals surface area contributed by atoms with Gasteiger partial charge in [-0.3, -0.25) is 0 Å². The van der Waals surface area contributed by atoms with Gasteiger partial charge in [-0.2, -0.15) is 0 Å². The van der Waals surface area contributed by atoms with Gasteiger partial charge < -0.3 is 0 Å². The zero-order valence-electron chi connectivity index (χ0n) is 1.80. The van der Waals surface area contributed by atoms with Crippen molar-refractivity contribution in [3.05, 3.63) is 0 Å². The van der Waals surface area contributed by atoms with Crippen molar-refractivity contribution in [2.75, 3.05) is 0 Å². The van der Waals surface area contributed by atoms with Gasteiger partial charge in [0.15, 0.2) is 0 Å². The molecule has 1 radical (unpaired) electrons. The van der Waals surface area contributed by atoms with Crippen molar-refractivity contribution >= 4 is 0 Å². The third-order valence-electron chi connectivity index (χ3n) is 0. The van der Waals surface area contributed by atoms with Crippen LogP contribution in [0, 0.1) is 0 Å². The Morgan fingerprint density at radius 1 is 0.500 bits per heavy atom. The maximum absolute atomic E-state index is 0. The SMILES string of the molecule is [Cu].[Ti].[Ti].[Ti]. The topological polar surface area (TPSA) is 0 Å². The van der Waals surface area contributed by atoms with E-state index in [9.17, 15) is 0 Å².